The highest BCUT2D eigenvalue weighted by Crippen LogP contribution is 2.14. The number of carbonyl (C=O) groups is 2. The first-order valence-electron chi connectivity index (χ1n) is 12.6. The van der Waals surface area contributed by atoms with Gasteiger partial charge in [-0.1, -0.05) is 26.0 Å². The molecule has 1 heterocycles. The lowest BCUT2D eigenvalue weighted by molar-refractivity contribution is -0.131. The number of nitrogens with one attached hydrogen (secondary N) is 2. The maximum Gasteiger partial charge on any atom is 0.222 e. The summed E-state index contributed by atoms with van der Waals surface area (Å²) in [5, 5.41) is 21.2. The molecule has 0 radical (unpaired) electrons. The van der Waals surface area contributed by atoms with Crippen LogP contribution in [-0.4, -0.2) is 60.7 Å². The van der Waals surface area contributed by atoms with E-state index in [0.717, 1.165) is 42.8 Å². The van der Waals surface area contributed by atoms with Crippen molar-refractivity contribution in [2.75, 3.05) is 26.7 Å². The van der Waals surface area contributed by atoms with Crippen LogP contribution in [0, 0.1) is 0 Å². The van der Waals surface area contributed by atoms with Gasteiger partial charge in [0, 0.05) is 39.0 Å². The number of amides is 2. The van der Waals surface area contributed by atoms with E-state index < -0.39 is 12.1 Å². The summed E-state index contributed by atoms with van der Waals surface area (Å²) in [5.74, 6) is 0.763. The SMILES string of the molecule is CCCN(CCC)C(=O)CCCC(=O)N[C@@H](Cc1ccsc1)[C@H](O)CNCc1cccc(OC)c1. The molecule has 1 aromatic heterocycles. The standard InChI is InChI=1S/C27H41N3O4S/c1-4-13-30(14-5-2)27(33)11-7-10-26(32)29-24(17-22-12-15-35-20-22)25(31)19-28-18-21-8-6-9-23(16-21)34-3/h6,8-9,12,15-16,20,24-25,28,31H,4-5,7,10-11,13-14,17-19H2,1-3H3,(H,29,32)/t24-,25+/m0/s1. The molecule has 0 aliphatic heterocycles. The first kappa shape index (κ1) is 28.8. The third kappa shape index (κ3) is 10.8. The monoisotopic (exact) mass is 503 g/mol. The smallest absolute Gasteiger partial charge is 0.222 e. The van der Waals surface area contributed by atoms with Crippen LogP contribution in [-0.2, 0) is 22.6 Å². The third-order valence-corrected chi connectivity index (χ3v) is 6.53. The zero-order valence-corrected chi connectivity index (χ0v) is 22.1. The van der Waals surface area contributed by atoms with Crippen LogP contribution in [0.4, 0.5) is 0 Å². The Balaban J connectivity index is 1.85. The molecule has 35 heavy (non-hydrogen) atoms. The Kier molecular flexibility index (Phi) is 13.4. The van der Waals surface area contributed by atoms with Crippen molar-refractivity contribution in [2.45, 2.75) is 71.1 Å². The average molecular weight is 504 g/mol. The highest BCUT2D eigenvalue weighted by Gasteiger charge is 2.22. The van der Waals surface area contributed by atoms with E-state index in [1.54, 1.807) is 18.4 Å². The van der Waals surface area contributed by atoms with Gasteiger partial charge < -0.3 is 25.4 Å². The Morgan fingerprint density at radius 2 is 1.89 bits per heavy atom. The van der Waals surface area contributed by atoms with E-state index in [4.69, 9.17) is 4.74 Å². The summed E-state index contributed by atoms with van der Waals surface area (Å²) in [6.45, 7) is 6.57. The molecular weight excluding hydrogens is 462 g/mol. The van der Waals surface area contributed by atoms with Crippen LogP contribution in [0.15, 0.2) is 41.1 Å². The lowest BCUT2D eigenvalue weighted by Gasteiger charge is -2.25. The van der Waals surface area contributed by atoms with Crippen molar-refractivity contribution in [3.63, 3.8) is 0 Å². The number of nitrogens with zero attached hydrogens (tertiary/aromatic N) is 1. The molecule has 0 spiro atoms. The summed E-state index contributed by atoms with van der Waals surface area (Å²) in [6.07, 6.45) is 2.80. The zero-order valence-electron chi connectivity index (χ0n) is 21.3. The summed E-state index contributed by atoms with van der Waals surface area (Å²) < 4.78 is 5.26. The second-order valence-corrected chi connectivity index (χ2v) is 9.57. The van der Waals surface area contributed by atoms with Crippen LogP contribution < -0.4 is 15.4 Å². The van der Waals surface area contributed by atoms with E-state index in [0.29, 0.717) is 32.4 Å². The topological polar surface area (TPSA) is 90.9 Å². The first-order chi connectivity index (χ1) is 17.0. The van der Waals surface area contributed by atoms with Gasteiger partial charge in [-0.05, 0) is 65.8 Å². The van der Waals surface area contributed by atoms with Crippen molar-refractivity contribution < 1.29 is 19.4 Å². The van der Waals surface area contributed by atoms with Gasteiger partial charge in [0.05, 0.1) is 19.3 Å². The number of carbonyl (C=O) groups excluding carboxylic acids is 2. The summed E-state index contributed by atoms with van der Waals surface area (Å²) >= 11 is 1.59. The average Bonchev–Trinajstić information content (AvgIpc) is 3.36. The minimum absolute atomic E-state index is 0.109. The second kappa shape index (κ2) is 16.3. The maximum absolute atomic E-state index is 12.7. The number of thiophene rings is 1. The number of rotatable bonds is 17. The van der Waals surface area contributed by atoms with Crippen LogP contribution in [0.2, 0.25) is 0 Å². The van der Waals surface area contributed by atoms with E-state index in [9.17, 15) is 14.7 Å². The van der Waals surface area contributed by atoms with Crippen molar-refractivity contribution in [2.24, 2.45) is 0 Å². The number of ether oxygens (including phenoxy) is 1. The van der Waals surface area contributed by atoms with Gasteiger partial charge in [-0.25, -0.2) is 0 Å². The molecule has 0 saturated heterocycles. The molecule has 0 unspecified atom stereocenters. The summed E-state index contributed by atoms with van der Waals surface area (Å²) in [7, 11) is 1.64. The fraction of sp³-hybridized carbons (Fsp3) is 0.556. The van der Waals surface area contributed by atoms with Crippen LogP contribution >= 0.6 is 11.3 Å². The number of aliphatic hydroxyl groups is 1. The Bertz CT molecular complexity index is 869. The van der Waals surface area contributed by atoms with Crippen molar-refractivity contribution in [1.29, 1.82) is 0 Å². The molecule has 7 nitrogen and oxygen atoms in total. The van der Waals surface area contributed by atoms with Gasteiger partial charge >= 0.3 is 0 Å². The van der Waals surface area contributed by atoms with E-state index in [-0.39, 0.29) is 18.2 Å². The van der Waals surface area contributed by atoms with E-state index >= 15 is 0 Å². The van der Waals surface area contributed by atoms with E-state index in [2.05, 4.69) is 24.5 Å². The summed E-state index contributed by atoms with van der Waals surface area (Å²) in [6, 6.07) is 9.37. The molecule has 0 aliphatic carbocycles. The maximum atomic E-state index is 12.7. The van der Waals surface area contributed by atoms with Crippen LogP contribution in [0.5, 0.6) is 5.75 Å². The predicted molar refractivity (Wildman–Crippen MR) is 142 cm³/mol. The van der Waals surface area contributed by atoms with Gasteiger partial charge in [-0.15, -0.1) is 0 Å². The van der Waals surface area contributed by atoms with E-state index in [1.165, 1.54) is 0 Å². The number of aliphatic hydroxyl groups excluding tert-OH is 1. The summed E-state index contributed by atoms with van der Waals surface area (Å²) in [5.41, 5.74) is 2.14. The zero-order chi connectivity index (χ0) is 25.5. The first-order valence-corrected chi connectivity index (χ1v) is 13.5. The molecule has 0 saturated carbocycles. The molecule has 3 N–H and O–H groups in total. The number of hydrogen-bond donors (Lipinski definition) is 3. The Morgan fingerprint density at radius 1 is 1.11 bits per heavy atom. The molecule has 2 amide bonds. The Morgan fingerprint density at radius 3 is 2.54 bits per heavy atom. The van der Waals surface area contributed by atoms with Gasteiger partial charge in [0.1, 0.15) is 5.75 Å². The molecule has 0 aliphatic rings. The van der Waals surface area contributed by atoms with E-state index in [1.807, 2.05) is 46.0 Å². The quantitative estimate of drug-likeness (QED) is 0.306. The number of benzene rings is 1. The summed E-state index contributed by atoms with van der Waals surface area (Å²) in [4.78, 5) is 27.0. The largest absolute Gasteiger partial charge is 0.497 e. The lowest BCUT2D eigenvalue weighted by Crippen LogP contribution is -2.48. The molecule has 2 rings (SSSR count). The van der Waals surface area contributed by atoms with Gasteiger partial charge in [0.2, 0.25) is 11.8 Å². The fourth-order valence-corrected chi connectivity index (χ4v) is 4.65. The Labute approximate surface area is 213 Å². The molecule has 194 valence electrons. The molecule has 2 aromatic rings. The highest BCUT2D eigenvalue weighted by atomic mass is 32.1. The van der Waals surface area contributed by atoms with Gasteiger partial charge in [-0.3, -0.25) is 9.59 Å². The van der Waals surface area contributed by atoms with Crippen molar-refractivity contribution in [3.8, 4) is 5.75 Å². The minimum atomic E-state index is -0.754. The van der Waals surface area contributed by atoms with Crippen molar-refractivity contribution in [1.82, 2.24) is 15.5 Å². The molecular formula is C27H41N3O4S. The fourth-order valence-electron chi connectivity index (χ4n) is 3.97. The van der Waals surface area contributed by atoms with Crippen LogP contribution in [0.1, 0.15) is 57.1 Å². The molecule has 1 aromatic carbocycles. The molecule has 8 heteroatoms. The second-order valence-electron chi connectivity index (χ2n) is 8.79. The normalized spacial score (nSPS) is 12.7. The van der Waals surface area contributed by atoms with Gasteiger partial charge in [0.25, 0.3) is 0 Å². The van der Waals surface area contributed by atoms with Crippen molar-refractivity contribution in [3.05, 3.63) is 52.2 Å². The Hall–Kier alpha value is -2.42. The molecule has 0 fully saturated rings. The van der Waals surface area contributed by atoms with Crippen LogP contribution in [0.3, 0.4) is 0 Å². The van der Waals surface area contributed by atoms with Gasteiger partial charge in [0.15, 0.2) is 0 Å². The predicted octanol–water partition coefficient (Wildman–Crippen LogP) is 3.75. The van der Waals surface area contributed by atoms with Gasteiger partial charge in [-0.2, -0.15) is 11.3 Å². The molecule has 2 atom stereocenters. The van der Waals surface area contributed by atoms with Crippen molar-refractivity contribution >= 4 is 23.2 Å². The highest BCUT2D eigenvalue weighted by molar-refractivity contribution is 7.07. The minimum Gasteiger partial charge on any atom is -0.497 e. The number of methoxy groups -OCH3 is 1. The van der Waals surface area contributed by atoms with Crippen LogP contribution in [0.25, 0.3) is 0 Å². The third-order valence-electron chi connectivity index (χ3n) is 5.80. The molecule has 0 bridgehead atoms. The lowest BCUT2D eigenvalue weighted by atomic mass is 10.0. The number of hydrogen-bond acceptors (Lipinski definition) is 6.